The Labute approximate surface area is 122 Å². The first kappa shape index (κ1) is 14.1. The van der Waals surface area contributed by atoms with Gasteiger partial charge in [0.1, 0.15) is 4.99 Å². The van der Waals surface area contributed by atoms with Crippen LogP contribution in [-0.2, 0) is 0 Å². The van der Waals surface area contributed by atoms with Gasteiger partial charge in [-0.3, -0.25) is 9.78 Å². The number of amides is 1. The molecule has 0 saturated carbocycles. The Kier molecular flexibility index (Phi) is 3.80. The zero-order valence-electron chi connectivity index (χ0n) is 11.5. The molecule has 20 heavy (non-hydrogen) atoms. The summed E-state index contributed by atoms with van der Waals surface area (Å²) in [6.07, 6.45) is 1.70. The number of carbonyl (C=O) groups is 1. The molecule has 0 unspecified atom stereocenters. The molecule has 0 aliphatic rings. The van der Waals surface area contributed by atoms with E-state index < -0.39 is 0 Å². The molecule has 6 nitrogen and oxygen atoms in total. The average molecular weight is 289 g/mol. The lowest BCUT2D eigenvalue weighted by molar-refractivity contribution is 0.0957. The Morgan fingerprint density at radius 2 is 2.15 bits per heavy atom. The van der Waals surface area contributed by atoms with E-state index in [4.69, 9.17) is 18.0 Å². The van der Waals surface area contributed by atoms with Crippen LogP contribution >= 0.6 is 12.2 Å². The minimum atomic E-state index is -0.247. The van der Waals surface area contributed by atoms with Gasteiger partial charge in [-0.15, -0.1) is 0 Å². The van der Waals surface area contributed by atoms with Gasteiger partial charge in [0.05, 0.1) is 11.3 Å². The number of pyridine rings is 1. The Morgan fingerprint density at radius 1 is 1.45 bits per heavy atom. The molecular formula is C13H15N5OS. The van der Waals surface area contributed by atoms with Gasteiger partial charge >= 0.3 is 0 Å². The summed E-state index contributed by atoms with van der Waals surface area (Å²) in [6.45, 7) is 3.72. The quantitative estimate of drug-likeness (QED) is 0.819. The summed E-state index contributed by atoms with van der Waals surface area (Å²) in [5, 5.41) is 6.77. The van der Waals surface area contributed by atoms with Crippen molar-refractivity contribution in [1.29, 1.82) is 0 Å². The van der Waals surface area contributed by atoms with Crippen LogP contribution in [0.3, 0.4) is 0 Å². The lowest BCUT2D eigenvalue weighted by Gasteiger charge is -2.12. The number of carbonyl (C=O) groups excluding carboxylic acids is 1. The molecule has 0 atom stereocenters. The van der Waals surface area contributed by atoms with E-state index in [2.05, 4.69) is 15.4 Å². The van der Waals surface area contributed by atoms with Crippen LogP contribution < -0.4 is 11.1 Å². The molecule has 2 aromatic heterocycles. The van der Waals surface area contributed by atoms with E-state index >= 15 is 0 Å². The van der Waals surface area contributed by atoms with E-state index in [0.29, 0.717) is 11.3 Å². The molecule has 2 aromatic rings. The van der Waals surface area contributed by atoms with Crippen LogP contribution in [0.4, 0.5) is 0 Å². The number of thiocarbonyl (C=S) groups is 1. The Bertz CT molecular complexity index is 692. The van der Waals surface area contributed by atoms with Crippen molar-refractivity contribution in [3.63, 3.8) is 0 Å². The van der Waals surface area contributed by atoms with E-state index in [1.54, 1.807) is 24.0 Å². The number of nitrogens with two attached hydrogens (primary N) is 1. The number of nitrogens with one attached hydrogen (secondary N) is 1. The molecule has 2 heterocycles. The summed E-state index contributed by atoms with van der Waals surface area (Å²) < 4.78 is 1.58. The van der Waals surface area contributed by atoms with Gasteiger partial charge in [-0.05, 0) is 26.0 Å². The summed E-state index contributed by atoms with van der Waals surface area (Å²) in [7, 11) is 1.56. The highest BCUT2D eigenvalue weighted by molar-refractivity contribution is 7.80. The number of aryl methyl sites for hydroxylation is 2. The number of hydrogen-bond acceptors (Lipinski definition) is 4. The Balaban J connectivity index is 2.60. The SMILES string of the molecule is CNC(=O)c1ccn(-c2cc(C)nc(C)c2C(N)=S)n1. The third kappa shape index (κ3) is 2.53. The molecule has 104 valence electrons. The molecule has 0 aromatic carbocycles. The van der Waals surface area contributed by atoms with Gasteiger partial charge in [-0.2, -0.15) is 5.10 Å². The van der Waals surface area contributed by atoms with Crippen LogP contribution in [0.1, 0.15) is 27.4 Å². The normalized spacial score (nSPS) is 10.3. The Hall–Kier alpha value is -2.28. The molecular weight excluding hydrogens is 274 g/mol. The van der Waals surface area contributed by atoms with Gasteiger partial charge in [0, 0.05) is 24.6 Å². The zero-order chi connectivity index (χ0) is 14.9. The topological polar surface area (TPSA) is 85.8 Å². The van der Waals surface area contributed by atoms with E-state index in [0.717, 1.165) is 17.1 Å². The second-order valence-corrected chi connectivity index (χ2v) is 4.77. The van der Waals surface area contributed by atoms with Crippen molar-refractivity contribution >= 4 is 23.1 Å². The van der Waals surface area contributed by atoms with Crippen molar-refractivity contribution in [1.82, 2.24) is 20.1 Å². The summed E-state index contributed by atoms with van der Waals surface area (Å²) in [5.74, 6) is -0.247. The first-order valence-electron chi connectivity index (χ1n) is 6.00. The van der Waals surface area contributed by atoms with Crippen molar-refractivity contribution < 1.29 is 4.79 Å². The van der Waals surface area contributed by atoms with Crippen LogP contribution in [0.25, 0.3) is 5.69 Å². The molecule has 0 aliphatic carbocycles. The summed E-state index contributed by atoms with van der Waals surface area (Å²) in [6, 6.07) is 3.47. The van der Waals surface area contributed by atoms with Crippen molar-refractivity contribution in [3.05, 3.63) is 41.0 Å². The lowest BCUT2D eigenvalue weighted by atomic mass is 10.1. The lowest BCUT2D eigenvalue weighted by Crippen LogP contribution is -2.20. The van der Waals surface area contributed by atoms with Crippen LogP contribution in [0.5, 0.6) is 0 Å². The van der Waals surface area contributed by atoms with Crippen LogP contribution in [0.2, 0.25) is 0 Å². The van der Waals surface area contributed by atoms with Crippen molar-refractivity contribution in [2.45, 2.75) is 13.8 Å². The standard InChI is InChI=1S/C13H15N5OS/c1-7-6-10(11(12(14)20)8(2)16-7)18-5-4-9(17-18)13(19)15-3/h4-6H,1-3H3,(H2,14,20)(H,15,19). The molecule has 0 radical (unpaired) electrons. The van der Waals surface area contributed by atoms with Gasteiger partial charge < -0.3 is 11.1 Å². The smallest absolute Gasteiger partial charge is 0.271 e. The van der Waals surface area contributed by atoms with Gasteiger partial charge in [-0.1, -0.05) is 12.2 Å². The predicted octanol–water partition coefficient (Wildman–Crippen LogP) is 0.878. The minimum Gasteiger partial charge on any atom is -0.389 e. The molecule has 0 fully saturated rings. The van der Waals surface area contributed by atoms with E-state index in [9.17, 15) is 4.79 Å². The molecule has 0 aliphatic heterocycles. The van der Waals surface area contributed by atoms with Crippen molar-refractivity contribution in [2.24, 2.45) is 5.73 Å². The summed E-state index contributed by atoms with van der Waals surface area (Å²) in [5.41, 5.74) is 9.05. The predicted molar refractivity (Wildman–Crippen MR) is 80.1 cm³/mol. The highest BCUT2D eigenvalue weighted by atomic mass is 32.1. The molecule has 0 saturated heterocycles. The summed E-state index contributed by atoms with van der Waals surface area (Å²) in [4.78, 5) is 16.2. The largest absolute Gasteiger partial charge is 0.389 e. The third-order valence-corrected chi connectivity index (χ3v) is 3.05. The van der Waals surface area contributed by atoms with Crippen LogP contribution in [0.15, 0.2) is 18.3 Å². The maximum Gasteiger partial charge on any atom is 0.271 e. The summed E-state index contributed by atoms with van der Waals surface area (Å²) >= 11 is 5.08. The molecule has 0 spiro atoms. The number of rotatable bonds is 3. The number of aromatic nitrogens is 3. The van der Waals surface area contributed by atoms with E-state index in [-0.39, 0.29) is 10.9 Å². The highest BCUT2D eigenvalue weighted by Crippen LogP contribution is 2.18. The first-order chi connectivity index (χ1) is 9.43. The van der Waals surface area contributed by atoms with Gasteiger partial charge in [0.2, 0.25) is 0 Å². The first-order valence-corrected chi connectivity index (χ1v) is 6.41. The Morgan fingerprint density at radius 3 is 2.75 bits per heavy atom. The van der Waals surface area contributed by atoms with Crippen LogP contribution in [0, 0.1) is 13.8 Å². The second-order valence-electron chi connectivity index (χ2n) is 4.33. The fourth-order valence-corrected chi connectivity index (χ4v) is 2.25. The zero-order valence-corrected chi connectivity index (χ0v) is 12.3. The maximum absolute atomic E-state index is 11.6. The van der Waals surface area contributed by atoms with Gasteiger partial charge in [0.25, 0.3) is 5.91 Å². The minimum absolute atomic E-state index is 0.247. The molecule has 7 heteroatoms. The number of hydrogen-bond donors (Lipinski definition) is 2. The highest BCUT2D eigenvalue weighted by Gasteiger charge is 2.15. The third-order valence-electron chi connectivity index (χ3n) is 2.85. The average Bonchev–Trinajstić information content (AvgIpc) is 2.85. The number of nitrogens with zero attached hydrogens (tertiary/aromatic N) is 3. The fraction of sp³-hybridized carbons (Fsp3) is 0.231. The molecule has 0 bridgehead atoms. The fourth-order valence-electron chi connectivity index (χ4n) is 2.00. The second kappa shape index (κ2) is 5.38. The molecule has 2 rings (SSSR count). The van der Waals surface area contributed by atoms with E-state index in [1.165, 1.54) is 0 Å². The van der Waals surface area contributed by atoms with Crippen LogP contribution in [-0.4, -0.2) is 32.7 Å². The maximum atomic E-state index is 11.6. The van der Waals surface area contributed by atoms with Gasteiger partial charge in [-0.25, -0.2) is 4.68 Å². The van der Waals surface area contributed by atoms with Gasteiger partial charge in [0.15, 0.2) is 5.69 Å². The molecule has 3 N–H and O–H groups in total. The molecule has 1 amide bonds. The van der Waals surface area contributed by atoms with Crippen molar-refractivity contribution in [3.8, 4) is 5.69 Å². The monoisotopic (exact) mass is 289 g/mol. The van der Waals surface area contributed by atoms with Crippen molar-refractivity contribution in [2.75, 3.05) is 7.05 Å². The van der Waals surface area contributed by atoms with E-state index in [1.807, 2.05) is 19.9 Å².